The third kappa shape index (κ3) is 2.16. The maximum atomic E-state index is 12.5. The van der Waals surface area contributed by atoms with Gasteiger partial charge < -0.3 is 14.2 Å². The van der Waals surface area contributed by atoms with Crippen LogP contribution in [0.15, 0.2) is 12.4 Å². The number of carbonyl (C=O) groups is 1. The van der Waals surface area contributed by atoms with E-state index in [1.165, 1.54) is 0 Å². The highest BCUT2D eigenvalue weighted by Crippen LogP contribution is 2.37. The average molecular weight is 263 g/mol. The predicted octanol–water partition coefficient (Wildman–Crippen LogP) is 1.53. The van der Waals surface area contributed by atoms with E-state index in [-0.39, 0.29) is 17.6 Å². The Hall–Kier alpha value is -1.36. The van der Waals surface area contributed by atoms with Crippen LogP contribution in [0.3, 0.4) is 0 Å². The normalized spacial score (nSPS) is 23.2. The predicted molar refractivity (Wildman–Crippen MR) is 70.8 cm³/mol. The molecule has 19 heavy (non-hydrogen) atoms. The summed E-state index contributed by atoms with van der Waals surface area (Å²) in [6, 6.07) is -0.168. The second kappa shape index (κ2) is 4.63. The molecule has 2 saturated heterocycles. The molecule has 5 heteroatoms. The molecule has 1 aromatic heterocycles. The minimum atomic E-state index is -0.168. The molecule has 1 aromatic rings. The van der Waals surface area contributed by atoms with Gasteiger partial charge in [-0.15, -0.1) is 0 Å². The molecule has 2 aliphatic heterocycles. The molecule has 1 spiro atoms. The molecule has 0 radical (unpaired) electrons. The van der Waals surface area contributed by atoms with Crippen molar-refractivity contribution < 1.29 is 9.53 Å². The lowest BCUT2D eigenvalue weighted by Crippen LogP contribution is -2.54. The van der Waals surface area contributed by atoms with E-state index in [4.69, 9.17) is 4.74 Å². The van der Waals surface area contributed by atoms with E-state index in [0.29, 0.717) is 0 Å². The van der Waals surface area contributed by atoms with Crippen molar-refractivity contribution in [3.63, 3.8) is 0 Å². The number of aromatic nitrogens is 2. The van der Waals surface area contributed by atoms with Crippen LogP contribution in [-0.4, -0.2) is 45.7 Å². The number of carbonyl (C=O) groups excluding carboxylic acids is 1. The van der Waals surface area contributed by atoms with E-state index in [0.717, 1.165) is 44.8 Å². The second-order valence-corrected chi connectivity index (χ2v) is 5.66. The van der Waals surface area contributed by atoms with Gasteiger partial charge in [0.05, 0.1) is 12.2 Å². The number of likely N-dealkylation sites (tertiary alicyclic amines) is 1. The summed E-state index contributed by atoms with van der Waals surface area (Å²) in [4.78, 5) is 18.7. The van der Waals surface area contributed by atoms with E-state index < -0.39 is 0 Å². The van der Waals surface area contributed by atoms with Gasteiger partial charge in [-0.3, -0.25) is 4.79 Å². The SMILES string of the molecule is Cc1nccn1[C@@H](C)C(=O)N1CCC2(CCO2)CC1. The Kier molecular flexibility index (Phi) is 3.09. The van der Waals surface area contributed by atoms with Crippen LogP contribution in [0.2, 0.25) is 0 Å². The van der Waals surface area contributed by atoms with Crippen molar-refractivity contribution >= 4 is 5.91 Å². The molecule has 2 fully saturated rings. The van der Waals surface area contributed by atoms with Crippen molar-refractivity contribution in [3.8, 4) is 0 Å². The number of aryl methyl sites for hydroxylation is 1. The van der Waals surface area contributed by atoms with Crippen LogP contribution >= 0.6 is 0 Å². The third-order valence-corrected chi connectivity index (χ3v) is 4.59. The fourth-order valence-corrected chi connectivity index (χ4v) is 3.10. The molecule has 1 atom stereocenters. The minimum Gasteiger partial charge on any atom is -0.375 e. The number of amides is 1. The summed E-state index contributed by atoms with van der Waals surface area (Å²) >= 11 is 0. The first kappa shape index (κ1) is 12.7. The van der Waals surface area contributed by atoms with Gasteiger partial charge in [-0.2, -0.15) is 0 Å². The number of hydrogen-bond donors (Lipinski definition) is 0. The van der Waals surface area contributed by atoms with Gasteiger partial charge in [0.1, 0.15) is 11.9 Å². The van der Waals surface area contributed by atoms with Crippen LogP contribution in [0.5, 0.6) is 0 Å². The summed E-state index contributed by atoms with van der Waals surface area (Å²) in [5.74, 6) is 1.08. The summed E-state index contributed by atoms with van der Waals surface area (Å²) in [7, 11) is 0. The van der Waals surface area contributed by atoms with Crippen LogP contribution in [0.1, 0.15) is 38.1 Å². The second-order valence-electron chi connectivity index (χ2n) is 5.66. The van der Waals surface area contributed by atoms with Crippen LogP contribution in [0, 0.1) is 6.92 Å². The van der Waals surface area contributed by atoms with Crippen LogP contribution in [-0.2, 0) is 9.53 Å². The standard InChI is InChI=1S/C14H21N3O2/c1-11(17-9-6-15-12(17)2)13(18)16-7-3-14(4-8-16)5-10-19-14/h6,9,11H,3-5,7-8,10H2,1-2H3/t11-/m0/s1. The number of hydrogen-bond acceptors (Lipinski definition) is 3. The van der Waals surface area contributed by atoms with Gasteiger partial charge in [0, 0.05) is 25.5 Å². The van der Waals surface area contributed by atoms with Gasteiger partial charge in [-0.05, 0) is 33.1 Å². The Bertz CT molecular complexity index is 469. The minimum absolute atomic E-state index is 0.102. The average Bonchev–Trinajstić information content (AvgIpc) is 2.81. The van der Waals surface area contributed by atoms with Crippen molar-refractivity contribution in [3.05, 3.63) is 18.2 Å². The molecule has 3 heterocycles. The third-order valence-electron chi connectivity index (χ3n) is 4.59. The van der Waals surface area contributed by atoms with Gasteiger partial charge in [0.25, 0.3) is 0 Å². The van der Waals surface area contributed by atoms with Crippen LogP contribution in [0.4, 0.5) is 0 Å². The first-order valence-electron chi connectivity index (χ1n) is 7.03. The fourth-order valence-electron chi connectivity index (χ4n) is 3.10. The van der Waals surface area contributed by atoms with Crippen molar-refractivity contribution in [2.24, 2.45) is 0 Å². The summed E-state index contributed by atoms with van der Waals surface area (Å²) in [5.41, 5.74) is 0.102. The lowest BCUT2D eigenvalue weighted by Gasteiger charge is -2.47. The van der Waals surface area contributed by atoms with Crippen LogP contribution in [0.25, 0.3) is 0 Å². The van der Waals surface area contributed by atoms with Gasteiger partial charge in [0.2, 0.25) is 5.91 Å². The Labute approximate surface area is 113 Å². The molecule has 0 aliphatic carbocycles. The van der Waals surface area contributed by atoms with E-state index in [2.05, 4.69) is 4.98 Å². The highest BCUT2D eigenvalue weighted by atomic mass is 16.5. The van der Waals surface area contributed by atoms with Crippen molar-refractivity contribution in [1.29, 1.82) is 0 Å². The molecule has 0 unspecified atom stereocenters. The number of ether oxygens (including phenoxy) is 1. The molecule has 3 rings (SSSR count). The van der Waals surface area contributed by atoms with Gasteiger partial charge in [-0.1, -0.05) is 0 Å². The van der Waals surface area contributed by atoms with Crippen molar-refractivity contribution in [2.45, 2.75) is 44.8 Å². The number of imidazole rings is 1. The molecular formula is C14H21N3O2. The Balaban J connectivity index is 1.63. The van der Waals surface area contributed by atoms with E-state index in [9.17, 15) is 4.79 Å². The maximum Gasteiger partial charge on any atom is 0.245 e. The molecular weight excluding hydrogens is 242 g/mol. The fraction of sp³-hybridized carbons (Fsp3) is 0.714. The van der Waals surface area contributed by atoms with Gasteiger partial charge >= 0.3 is 0 Å². The van der Waals surface area contributed by atoms with E-state index in [1.807, 2.05) is 29.5 Å². The summed E-state index contributed by atoms with van der Waals surface area (Å²) in [5, 5.41) is 0. The molecule has 0 saturated carbocycles. The first-order valence-corrected chi connectivity index (χ1v) is 7.03. The highest BCUT2D eigenvalue weighted by Gasteiger charge is 2.42. The maximum absolute atomic E-state index is 12.5. The molecule has 5 nitrogen and oxygen atoms in total. The molecule has 0 bridgehead atoms. The zero-order valence-corrected chi connectivity index (χ0v) is 11.6. The number of nitrogens with zero attached hydrogens (tertiary/aromatic N) is 3. The molecule has 0 aromatic carbocycles. The first-order chi connectivity index (χ1) is 9.11. The smallest absolute Gasteiger partial charge is 0.245 e. The number of rotatable bonds is 2. The quantitative estimate of drug-likeness (QED) is 0.813. The Morgan fingerprint density at radius 1 is 1.42 bits per heavy atom. The zero-order valence-electron chi connectivity index (χ0n) is 11.6. The molecule has 2 aliphatic rings. The van der Waals surface area contributed by atoms with Crippen molar-refractivity contribution in [2.75, 3.05) is 19.7 Å². The zero-order chi connectivity index (χ0) is 13.5. The Morgan fingerprint density at radius 3 is 2.58 bits per heavy atom. The molecule has 1 amide bonds. The van der Waals surface area contributed by atoms with Crippen molar-refractivity contribution in [1.82, 2.24) is 14.5 Å². The van der Waals surface area contributed by atoms with E-state index in [1.54, 1.807) is 6.20 Å². The Morgan fingerprint density at radius 2 is 2.11 bits per heavy atom. The largest absolute Gasteiger partial charge is 0.375 e. The summed E-state index contributed by atoms with van der Waals surface area (Å²) in [6.45, 7) is 6.39. The lowest BCUT2D eigenvalue weighted by molar-refractivity contribution is -0.177. The van der Waals surface area contributed by atoms with Gasteiger partial charge in [-0.25, -0.2) is 4.98 Å². The van der Waals surface area contributed by atoms with Gasteiger partial charge in [0.15, 0.2) is 0 Å². The molecule has 104 valence electrons. The monoisotopic (exact) mass is 263 g/mol. The van der Waals surface area contributed by atoms with E-state index >= 15 is 0 Å². The summed E-state index contributed by atoms with van der Waals surface area (Å²) in [6.07, 6.45) is 6.73. The summed E-state index contributed by atoms with van der Waals surface area (Å²) < 4.78 is 7.62. The molecule has 0 N–H and O–H groups in total. The highest BCUT2D eigenvalue weighted by molar-refractivity contribution is 5.80. The lowest BCUT2D eigenvalue weighted by atomic mass is 9.84. The number of piperidine rings is 1. The van der Waals surface area contributed by atoms with Crippen LogP contribution < -0.4 is 0 Å². The topological polar surface area (TPSA) is 47.4 Å².